The van der Waals surface area contributed by atoms with Crippen molar-refractivity contribution in [3.8, 4) is 11.8 Å². The summed E-state index contributed by atoms with van der Waals surface area (Å²) in [6.07, 6.45) is 8.94. The number of aliphatic hydroxyl groups excluding tert-OH is 1. The van der Waals surface area contributed by atoms with Gasteiger partial charge in [-0.15, -0.1) is 0 Å². The number of aliphatic hydroxyl groups is 1. The lowest BCUT2D eigenvalue weighted by molar-refractivity contribution is 0.198. The van der Waals surface area contributed by atoms with Crippen molar-refractivity contribution in [3.63, 3.8) is 0 Å². The Morgan fingerprint density at radius 1 is 1.23 bits per heavy atom. The van der Waals surface area contributed by atoms with Crippen LogP contribution in [-0.4, -0.2) is 17.3 Å². The monoisotopic (exact) mass is 299 g/mol. The van der Waals surface area contributed by atoms with Gasteiger partial charge in [0.05, 0.1) is 6.61 Å². The van der Waals surface area contributed by atoms with Crippen molar-refractivity contribution >= 4 is 0 Å². The second-order valence-electron chi connectivity index (χ2n) is 6.69. The largest absolute Gasteiger partial charge is 0.394 e. The number of nitrogens with two attached hydrogens (primary N) is 1. The summed E-state index contributed by atoms with van der Waals surface area (Å²) < 4.78 is 0. The van der Waals surface area contributed by atoms with Crippen LogP contribution in [0.2, 0.25) is 0 Å². The fourth-order valence-corrected chi connectivity index (χ4v) is 3.23. The van der Waals surface area contributed by atoms with Crippen molar-refractivity contribution < 1.29 is 5.11 Å². The third kappa shape index (κ3) is 4.87. The van der Waals surface area contributed by atoms with Gasteiger partial charge in [0.15, 0.2) is 0 Å². The second-order valence-corrected chi connectivity index (χ2v) is 6.69. The molecule has 0 heterocycles. The normalized spacial score (nSPS) is 24.0. The Balaban J connectivity index is 1.85. The molecule has 1 aromatic rings. The summed E-state index contributed by atoms with van der Waals surface area (Å²) >= 11 is 0. The summed E-state index contributed by atoms with van der Waals surface area (Å²) in [4.78, 5) is 0. The number of rotatable bonds is 6. The van der Waals surface area contributed by atoms with Crippen LogP contribution in [0, 0.1) is 11.8 Å². The first kappa shape index (κ1) is 17.1. The molecule has 1 fully saturated rings. The number of benzene rings is 1. The second kappa shape index (κ2) is 8.36. The summed E-state index contributed by atoms with van der Waals surface area (Å²) in [6.45, 7) is 2.32. The quantitative estimate of drug-likeness (QED) is 0.617. The summed E-state index contributed by atoms with van der Waals surface area (Å²) in [6, 6.07) is 8.58. The molecular weight excluding hydrogens is 270 g/mol. The summed E-state index contributed by atoms with van der Waals surface area (Å²) in [5, 5.41) is 9.37. The van der Waals surface area contributed by atoms with Gasteiger partial charge in [-0.3, -0.25) is 0 Å². The Hall–Kier alpha value is -1.30. The smallest absolute Gasteiger partial charge is 0.0611 e. The van der Waals surface area contributed by atoms with Gasteiger partial charge in [-0.1, -0.05) is 50.2 Å². The molecule has 2 nitrogen and oxygen atoms in total. The topological polar surface area (TPSA) is 46.2 Å². The van der Waals surface area contributed by atoms with Crippen LogP contribution >= 0.6 is 0 Å². The molecule has 2 rings (SSSR count). The number of unbranched alkanes of at least 4 members (excludes halogenated alkanes) is 4. The first-order chi connectivity index (χ1) is 10.7. The van der Waals surface area contributed by atoms with Crippen molar-refractivity contribution in [2.45, 2.75) is 69.7 Å². The van der Waals surface area contributed by atoms with Crippen LogP contribution in [0.5, 0.6) is 0 Å². The molecule has 3 N–H and O–H groups in total. The molecule has 0 saturated heterocycles. The van der Waals surface area contributed by atoms with E-state index in [4.69, 9.17) is 5.73 Å². The fourth-order valence-electron chi connectivity index (χ4n) is 3.23. The van der Waals surface area contributed by atoms with E-state index in [-0.39, 0.29) is 12.1 Å². The van der Waals surface area contributed by atoms with Gasteiger partial charge in [-0.2, -0.15) is 0 Å². The molecule has 1 saturated carbocycles. The molecule has 1 aromatic carbocycles. The van der Waals surface area contributed by atoms with E-state index in [2.05, 4.69) is 43.0 Å². The molecule has 0 amide bonds. The maximum absolute atomic E-state index is 9.37. The molecule has 0 spiro atoms. The van der Waals surface area contributed by atoms with E-state index < -0.39 is 0 Å². The van der Waals surface area contributed by atoms with E-state index in [1.54, 1.807) is 0 Å². The highest BCUT2D eigenvalue weighted by Crippen LogP contribution is 2.39. The molecule has 120 valence electrons. The van der Waals surface area contributed by atoms with Gasteiger partial charge in [-0.25, -0.2) is 0 Å². The molecule has 2 atom stereocenters. The zero-order chi connectivity index (χ0) is 15.8. The first-order valence-electron chi connectivity index (χ1n) is 8.65. The van der Waals surface area contributed by atoms with Crippen molar-refractivity contribution in [1.82, 2.24) is 0 Å². The van der Waals surface area contributed by atoms with Crippen molar-refractivity contribution in [1.29, 1.82) is 0 Å². The van der Waals surface area contributed by atoms with Gasteiger partial charge in [0.25, 0.3) is 0 Å². The van der Waals surface area contributed by atoms with Crippen molar-refractivity contribution in [2.75, 3.05) is 6.61 Å². The van der Waals surface area contributed by atoms with Gasteiger partial charge in [0.1, 0.15) is 0 Å². The minimum Gasteiger partial charge on any atom is -0.394 e. The summed E-state index contributed by atoms with van der Waals surface area (Å²) in [5.74, 6) is 7.00. The first-order valence-corrected chi connectivity index (χ1v) is 8.65. The average molecular weight is 299 g/mol. The van der Waals surface area contributed by atoms with Crippen LogP contribution in [0.25, 0.3) is 0 Å². The van der Waals surface area contributed by atoms with E-state index in [0.717, 1.165) is 31.2 Å². The van der Waals surface area contributed by atoms with E-state index >= 15 is 0 Å². The Labute approximate surface area is 135 Å². The zero-order valence-corrected chi connectivity index (χ0v) is 13.8. The minimum atomic E-state index is -0.373. The minimum absolute atomic E-state index is 0.0884. The SMILES string of the molecule is CCCCCCC#Cc1ccc([C@H]2CC[C@](N)(CO)C2)cc1. The van der Waals surface area contributed by atoms with Crippen LogP contribution in [0.1, 0.15) is 75.3 Å². The Morgan fingerprint density at radius 2 is 2.00 bits per heavy atom. The third-order valence-corrected chi connectivity index (χ3v) is 4.73. The highest BCUT2D eigenvalue weighted by Gasteiger charge is 2.35. The summed E-state index contributed by atoms with van der Waals surface area (Å²) in [7, 11) is 0. The van der Waals surface area contributed by atoms with Crippen molar-refractivity contribution in [2.24, 2.45) is 5.73 Å². The molecule has 2 heteroatoms. The van der Waals surface area contributed by atoms with Gasteiger partial charge in [-0.05, 0) is 49.3 Å². The number of hydrogen-bond donors (Lipinski definition) is 2. The Bertz CT molecular complexity index is 511. The predicted molar refractivity (Wildman–Crippen MR) is 92.7 cm³/mol. The maximum atomic E-state index is 9.37. The maximum Gasteiger partial charge on any atom is 0.0611 e. The Kier molecular flexibility index (Phi) is 6.49. The molecule has 1 aliphatic rings. The van der Waals surface area contributed by atoms with E-state index in [1.165, 1.54) is 31.2 Å². The van der Waals surface area contributed by atoms with E-state index in [9.17, 15) is 5.11 Å². The third-order valence-electron chi connectivity index (χ3n) is 4.73. The molecular formula is C20H29NO. The van der Waals surface area contributed by atoms with E-state index in [0.29, 0.717) is 5.92 Å². The molecule has 0 aliphatic heterocycles. The van der Waals surface area contributed by atoms with Gasteiger partial charge in [0.2, 0.25) is 0 Å². The number of hydrogen-bond acceptors (Lipinski definition) is 2. The predicted octanol–water partition coefficient (Wildman–Crippen LogP) is 3.97. The molecule has 22 heavy (non-hydrogen) atoms. The van der Waals surface area contributed by atoms with Crippen molar-refractivity contribution in [3.05, 3.63) is 35.4 Å². The van der Waals surface area contributed by atoms with Gasteiger partial charge < -0.3 is 10.8 Å². The van der Waals surface area contributed by atoms with Crippen LogP contribution in [0.3, 0.4) is 0 Å². The lowest BCUT2D eigenvalue weighted by Gasteiger charge is -2.20. The van der Waals surface area contributed by atoms with Crippen LogP contribution < -0.4 is 5.73 Å². The highest BCUT2D eigenvalue weighted by atomic mass is 16.3. The highest BCUT2D eigenvalue weighted by molar-refractivity contribution is 5.37. The average Bonchev–Trinajstić information content (AvgIpc) is 2.94. The van der Waals surface area contributed by atoms with Crippen LogP contribution in [0.4, 0.5) is 0 Å². The fraction of sp³-hybridized carbons (Fsp3) is 0.600. The molecule has 0 bridgehead atoms. The van der Waals surface area contributed by atoms with Gasteiger partial charge in [0, 0.05) is 17.5 Å². The van der Waals surface area contributed by atoms with Gasteiger partial charge >= 0.3 is 0 Å². The zero-order valence-electron chi connectivity index (χ0n) is 13.8. The molecule has 0 radical (unpaired) electrons. The lowest BCUT2D eigenvalue weighted by atomic mass is 9.93. The summed E-state index contributed by atoms with van der Waals surface area (Å²) in [5.41, 5.74) is 8.21. The Morgan fingerprint density at radius 3 is 2.64 bits per heavy atom. The molecule has 0 aromatic heterocycles. The van der Waals surface area contributed by atoms with E-state index in [1.807, 2.05) is 0 Å². The molecule has 0 unspecified atom stereocenters. The standard InChI is InChI=1S/C20H29NO/c1-2-3-4-5-6-7-8-17-9-11-18(12-10-17)19-13-14-20(21,15-19)16-22/h9-12,19,22H,2-6,13-16,21H2,1H3/t19-,20+/m0/s1. The molecule has 1 aliphatic carbocycles. The van der Waals surface area contributed by atoms with Crippen LogP contribution in [-0.2, 0) is 0 Å². The van der Waals surface area contributed by atoms with Crippen LogP contribution in [0.15, 0.2) is 24.3 Å². The lowest BCUT2D eigenvalue weighted by Crippen LogP contribution is -2.40.